The molecule has 0 radical (unpaired) electrons. The minimum atomic E-state index is -4.72. The maximum Gasteiger partial charge on any atom is 0.419 e. The highest BCUT2D eigenvalue weighted by atomic mass is 19.4. The predicted octanol–water partition coefficient (Wildman–Crippen LogP) is 2.09. The Bertz CT molecular complexity index is 362. The van der Waals surface area contributed by atoms with Crippen LogP contribution in [-0.2, 0) is 17.5 Å². The van der Waals surface area contributed by atoms with E-state index < -0.39 is 17.6 Å². The van der Waals surface area contributed by atoms with Gasteiger partial charge in [-0.05, 0) is 6.07 Å². The molecule has 0 saturated heterocycles. The van der Waals surface area contributed by atoms with Crippen molar-refractivity contribution in [1.29, 1.82) is 0 Å². The molecule has 1 aromatic rings. The zero-order chi connectivity index (χ0) is 11.5. The van der Waals surface area contributed by atoms with E-state index in [4.69, 9.17) is 0 Å². The molecule has 0 aliphatic rings. The Balaban J connectivity index is 3.06. The summed E-state index contributed by atoms with van der Waals surface area (Å²) in [4.78, 5) is 9.92. The molecule has 0 aliphatic heterocycles. The van der Waals surface area contributed by atoms with Crippen LogP contribution in [0.25, 0.3) is 0 Å². The molecule has 6 heteroatoms. The van der Waals surface area contributed by atoms with E-state index in [1.807, 2.05) is 0 Å². The standard InChI is InChI=1S/C9H7F4NO/c10-8-6(4-14-5-15)2-1-3-7(8)9(11,12)13/h1-3,5H,4H2,(H,14,15). The van der Waals surface area contributed by atoms with Crippen LogP contribution in [0, 0.1) is 5.82 Å². The quantitative estimate of drug-likeness (QED) is 0.614. The van der Waals surface area contributed by atoms with Gasteiger partial charge in [0.2, 0.25) is 6.41 Å². The fourth-order valence-corrected chi connectivity index (χ4v) is 1.09. The number of alkyl halides is 3. The van der Waals surface area contributed by atoms with Crippen molar-refractivity contribution in [3.05, 3.63) is 35.1 Å². The second-order valence-corrected chi connectivity index (χ2v) is 2.78. The fraction of sp³-hybridized carbons (Fsp3) is 0.222. The van der Waals surface area contributed by atoms with Crippen LogP contribution in [0.15, 0.2) is 18.2 Å². The van der Waals surface area contributed by atoms with Crippen LogP contribution in [0.4, 0.5) is 17.6 Å². The highest BCUT2D eigenvalue weighted by Gasteiger charge is 2.34. The number of carbonyl (C=O) groups excluding carboxylic acids is 1. The maximum absolute atomic E-state index is 13.2. The van der Waals surface area contributed by atoms with Crippen molar-refractivity contribution in [2.45, 2.75) is 12.7 Å². The molecular formula is C9H7F4NO. The molecule has 1 N–H and O–H groups in total. The van der Waals surface area contributed by atoms with Crippen LogP contribution in [0.2, 0.25) is 0 Å². The zero-order valence-electron chi connectivity index (χ0n) is 7.44. The molecule has 0 spiro atoms. The topological polar surface area (TPSA) is 29.1 Å². The fourth-order valence-electron chi connectivity index (χ4n) is 1.09. The lowest BCUT2D eigenvalue weighted by atomic mass is 10.1. The van der Waals surface area contributed by atoms with Crippen molar-refractivity contribution in [3.8, 4) is 0 Å². The van der Waals surface area contributed by atoms with Crippen LogP contribution >= 0.6 is 0 Å². The number of halogens is 4. The molecule has 0 unspecified atom stereocenters. The number of nitrogens with one attached hydrogen (secondary N) is 1. The number of hydrogen-bond donors (Lipinski definition) is 1. The van der Waals surface area contributed by atoms with Gasteiger partial charge in [0.05, 0.1) is 5.56 Å². The highest BCUT2D eigenvalue weighted by molar-refractivity contribution is 5.46. The summed E-state index contributed by atoms with van der Waals surface area (Å²) in [6, 6.07) is 2.93. The average molecular weight is 221 g/mol. The molecule has 0 atom stereocenters. The number of rotatable bonds is 3. The summed E-state index contributed by atoms with van der Waals surface area (Å²) in [7, 11) is 0. The Kier molecular flexibility index (Phi) is 3.28. The maximum atomic E-state index is 13.2. The van der Waals surface area contributed by atoms with Crippen LogP contribution < -0.4 is 5.32 Å². The lowest BCUT2D eigenvalue weighted by molar-refractivity contribution is -0.140. The van der Waals surface area contributed by atoms with E-state index in [0.717, 1.165) is 6.07 Å². The van der Waals surface area contributed by atoms with Crippen molar-refractivity contribution in [2.75, 3.05) is 0 Å². The van der Waals surface area contributed by atoms with E-state index in [2.05, 4.69) is 5.32 Å². The van der Waals surface area contributed by atoms with E-state index in [0.29, 0.717) is 12.5 Å². The smallest absolute Gasteiger partial charge is 0.354 e. The normalized spacial score (nSPS) is 11.2. The van der Waals surface area contributed by atoms with Gasteiger partial charge in [-0.2, -0.15) is 13.2 Å². The molecule has 0 saturated carbocycles. The van der Waals surface area contributed by atoms with Gasteiger partial charge >= 0.3 is 6.18 Å². The van der Waals surface area contributed by atoms with Gasteiger partial charge in [-0.15, -0.1) is 0 Å². The molecule has 0 bridgehead atoms. The summed E-state index contributed by atoms with van der Waals surface area (Å²) >= 11 is 0. The van der Waals surface area contributed by atoms with Gasteiger partial charge in [-0.3, -0.25) is 4.79 Å². The number of carbonyl (C=O) groups is 1. The first-order chi connectivity index (χ1) is 6.96. The van der Waals surface area contributed by atoms with Gasteiger partial charge < -0.3 is 5.32 Å². The molecule has 15 heavy (non-hydrogen) atoms. The first-order valence-corrected chi connectivity index (χ1v) is 3.98. The van der Waals surface area contributed by atoms with Gasteiger partial charge in [-0.1, -0.05) is 12.1 Å². The summed E-state index contributed by atoms with van der Waals surface area (Å²) < 4.78 is 49.9. The van der Waals surface area contributed by atoms with Crippen LogP contribution in [0.5, 0.6) is 0 Å². The lowest BCUT2D eigenvalue weighted by Crippen LogP contribution is -2.15. The molecule has 0 aromatic heterocycles. The van der Waals surface area contributed by atoms with E-state index in [1.54, 1.807) is 0 Å². The zero-order valence-corrected chi connectivity index (χ0v) is 7.44. The van der Waals surface area contributed by atoms with Crippen molar-refractivity contribution in [2.24, 2.45) is 0 Å². The van der Waals surface area contributed by atoms with E-state index in [-0.39, 0.29) is 12.1 Å². The summed E-state index contributed by atoms with van der Waals surface area (Å²) in [6.45, 7) is -0.265. The Morgan fingerprint density at radius 3 is 2.53 bits per heavy atom. The summed E-state index contributed by atoms with van der Waals surface area (Å²) in [5.41, 5.74) is -1.52. The Morgan fingerprint density at radius 2 is 2.00 bits per heavy atom. The van der Waals surface area contributed by atoms with Gasteiger partial charge in [0.25, 0.3) is 0 Å². The summed E-state index contributed by atoms with van der Waals surface area (Å²) in [6.07, 6.45) is -4.43. The van der Waals surface area contributed by atoms with Crippen molar-refractivity contribution < 1.29 is 22.4 Å². The summed E-state index contributed by atoms with van der Waals surface area (Å²) in [5, 5.41) is 2.10. The highest BCUT2D eigenvalue weighted by Crippen LogP contribution is 2.32. The van der Waals surface area contributed by atoms with Crippen LogP contribution in [-0.4, -0.2) is 6.41 Å². The monoisotopic (exact) mass is 221 g/mol. The minimum absolute atomic E-state index is 0.197. The third-order valence-corrected chi connectivity index (χ3v) is 1.76. The molecule has 0 fully saturated rings. The lowest BCUT2D eigenvalue weighted by Gasteiger charge is -2.10. The third-order valence-electron chi connectivity index (χ3n) is 1.76. The van der Waals surface area contributed by atoms with Gasteiger partial charge in [-0.25, -0.2) is 4.39 Å². The van der Waals surface area contributed by atoms with E-state index in [1.165, 1.54) is 6.07 Å². The van der Waals surface area contributed by atoms with Gasteiger partial charge in [0, 0.05) is 12.1 Å². The number of hydrogen-bond acceptors (Lipinski definition) is 1. The Morgan fingerprint density at radius 1 is 1.33 bits per heavy atom. The largest absolute Gasteiger partial charge is 0.419 e. The Labute approximate surface area is 82.9 Å². The second-order valence-electron chi connectivity index (χ2n) is 2.78. The predicted molar refractivity (Wildman–Crippen MR) is 44.3 cm³/mol. The van der Waals surface area contributed by atoms with Crippen LogP contribution in [0.3, 0.4) is 0 Å². The van der Waals surface area contributed by atoms with E-state index >= 15 is 0 Å². The molecule has 1 rings (SSSR count). The molecule has 1 aromatic carbocycles. The van der Waals surface area contributed by atoms with Crippen molar-refractivity contribution in [1.82, 2.24) is 5.32 Å². The molecule has 1 amide bonds. The molecule has 2 nitrogen and oxygen atoms in total. The first kappa shape index (κ1) is 11.5. The minimum Gasteiger partial charge on any atom is -0.354 e. The van der Waals surface area contributed by atoms with Crippen molar-refractivity contribution in [3.63, 3.8) is 0 Å². The molecule has 82 valence electrons. The first-order valence-electron chi connectivity index (χ1n) is 3.98. The van der Waals surface area contributed by atoms with Crippen LogP contribution in [0.1, 0.15) is 11.1 Å². The second kappa shape index (κ2) is 4.29. The van der Waals surface area contributed by atoms with E-state index in [9.17, 15) is 22.4 Å². The number of benzene rings is 1. The van der Waals surface area contributed by atoms with Gasteiger partial charge in [0.15, 0.2) is 0 Å². The molecule has 0 aliphatic carbocycles. The number of amides is 1. The molecular weight excluding hydrogens is 214 g/mol. The van der Waals surface area contributed by atoms with Gasteiger partial charge in [0.1, 0.15) is 5.82 Å². The van der Waals surface area contributed by atoms with Crippen molar-refractivity contribution >= 4 is 6.41 Å². The summed E-state index contributed by atoms with van der Waals surface area (Å²) in [5.74, 6) is -1.35. The molecule has 0 heterocycles. The SMILES string of the molecule is O=CNCc1cccc(C(F)(F)F)c1F. The Hall–Kier alpha value is -1.59. The third kappa shape index (κ3) is 2.68. The average Bonchev–Trinajstić information content (AvgIpc) is 2.14.